The van der Waals surface area contributed by atoms with E-state index in [2.05, 4.69) is 20.4 Å². The summed E-state index contributed by atoms with van der Waals surface area (Å²) in [6.07, 6.45) is 1.56. The zero-order chi connectivity index (χ0) is 16.4. The third-order valence-electron chi connectivity index (χ3n) is 3.45. The molecule has 0 atom stereocenters. The topological polar surface area (TPSA) is 80.0 Å². The van der Waals surface area contributed by atoms with E-state index in [9.17, 15) is 9.50 Å². The van der Waals surface area contributed by atoms with Crippen molar-refractivity contribution >= 4 is 11.8 Å². The number of aliphatic hydroxyl groups is 1. The molecular formula is C15H15FN6O. The Bertz CT molecular complexity index is 817. The van der Waals surface area contributed by atoms with Crippen LogP contribution in [0.3, 0.4) is 0 Å². The number of aliphatic hydroxyl groups excluding tert-OH is 1. The van der Waals surface area contributed by atoms with Gasteiger partial charge in [0, 0.05) is 24.4 Å². The summed E-state index contributed by atoms with van der Waals surface area (Å²) in [5.41, 5.74) is 1.47. The van der Waals surface area contributed by atoms with Crippen molar-refractivity contribution in [2.75, 3.05) is 11.9 Å². The number of nitrogens with zero attached hydrogens (tertiary/aromatic N) is 6. The van der Waals surface area contributed by atoms with Crippen molar-refractivity contribution in [3.8, 4) is 11.1 Å². The van der Waals surface area contributed by atoms with Crippen molar-refractivity contribution in [1.29, 1.82) is 0 Å². The Morgan fingerprint density at radius 3 is 2.70 bits per heavy atom. The van der Waals surface area contributed by atoms with Gasteiger partial charge in [-0.05, 0) is 29.0 Å². The number of benzene rings is 1. The number of anilines is 2. The largest absolute Gasteiger partial charge is 0.392 e. The molecule has 8 heteroatoms. The Hall–Kier alpha value is -2.87. The van der Waals surface area contributed by atoms with Crippen LogP contribution in [0.2, 0.25) is 0 Å². The molecule has 1 aromatic carbocycles. The van der Waals surface area contributed by atoms with Crippen LogP contribution in [-0.4, -0.2) is 37.3 Å². The summed E-state index contributed by atoms with van der Waals surface area (Å²) in [5, 5.41) is 21.2. The van der Waals surface area contributed by atoms with Gasteiger partial charge < -0.3 is 5.11 Å². The van der Waals surface area contributed by atoms with E-state index in [0.717, 1.165) is 0 Å². The highest BCUT2D eigenvalue weighted by atomic mass is 19.1. The van der Waals surface area contributed by atoms with Crippen LogP contribution in [0.4, 0.5) is 16.2 Å². The predicted molar refractivity (Wildman–Crippen MR) is 82.4 cm³/mol. The zero-order valence-corrected chi connectivity index (χ0v) is 12.7. The highest BCUT2D eigenvalue weighted by molar-refractivity contribution is 5.68. The molecule has 0 radical (unpaired) electrons. The van der Waals surface area contributed by atoms with Gasteiger partial charge in [-0.1, -0.05) is 17.2 Å². The average Bonchev–Trinajstić information content (AvgIpc) is 3.00. The van der Waals surface area contributed by atoms with Gasteiger partial charge in [-0.3, -0.25) is 4.90 Å². The molecule has 0 aliphatic heterocycles. The SMILES string of the molecule is CN(c1ccc(-c2c(F)cccc2CO)cn1)c1nnn(C)n1. The molecule has 0 bridgehead atoms. The highest BCUT2D eigenvalue weighted by Crippen LogP contribution is 2.28. The average molecular weight is 314 g/mol. The van der Waals surface area contributed by atoms with Crippen molar-refractivity contribution in [1.82, 2.24) is 25.2 Å². The van der Waals surface area contributed by atoms with Crippen LogP contribution in [0.15, 0.2) is 36.5 Å². The summed E-state index contributed by atoms with van der Waals surface area (Å²) >= 11 is 0. The molecule has 0 saturated heterocycles. The maximum atomic E-state index is 14.1. The first-order valence-electron chi connectivity index (χ1n) is 6.92. The molecular weight excluding hydrogens is 299 g/mol. The molecule has 2 aromatic heterocycles. The Balaban J connectivity index is 1.94. The minimum absolute atomic E-state index is 0.238. The summed E-state index contributed by atoms with van der Waals surface area (Å²) < 4.78 is 14.1. The summed E-state index contributed by atoms with van der Waals surface area (Å²) in [5.74, 6) is 0.619. The van der Waals surface area contributed by atoms with Crippen LogP contribution in [-0.2, 0) is 13.7 Å². The first-order valence-corrected chi connectivity index (χ1v) is 6.92. The Morgan fingerprint density at radius 2 is 2.09 bits per heavy atom. The molecule has 0 unspecified atom stereocenters. The van der Waals surface area contributed by atoms with E-state index in [4.69, 9.17) is 0 Å². The van der Waals surface area contributed by atoms with E-state index in [1.807, 2.05) is 0 Å². The molecule has 3 rings (SSSR count). The molecule has 0 spiro atoms. The van der Waals surface area contributed by atoms with Gasteiger partial charge in [0.05, 0.1) is 13.7 Å². The fourth-order valence-corrected chi connectivity index (χ4v) is 2.27. The minimum Gasteiger partial charge on any atom is -0.392 e. The monoisotopic (exact) mass is 314 g/mol. The number of hydrogen-bond donors (Lipinski definition) is 1. The van der Waals surface area contributed by atoms with Gasteiger partial charge >= 0.3 is 0 Å². The van der Waals surface area contributed by atoms with Crippen molar-refractivity contribution in [3.63, 3.8) is 0 Å². The molecule has 118 valence electrons. The van der Waals surface area contributed by atoms with Gasteiger partial charge in [-0.25, -0.2) is 9.37 Å². The molecule has 2 heterocycles. The number of aryl methyl sites for hydroxylation is 1. The fraction of sp³-hybridized carbons (Fsp3) is 0.200. The van der Waals surface area contributed by atoms with E-state index < -0.39 is 5.82 Å². The predicted octanol–water partition coefficient (Wildman–Crippen LogP) is 1.67. The number of aromatic nitrogens is 5. The second kappa shape index (κ2) is 6.09. The molecule has 0 amide bonds. The van der Waals surface area contributed by atoms with Crippen LogP contribution in [0.5, 0.6) is 0 Å². The second-order valence-corrected chi connectivity index (χ2v) is 4.98. The lowest BCUT2D eigenvalue weighted by Crippen LogP contribution is -2.13. The lowest BCUT2D eigenvalue weighted by molar-refractivity contribution is 0.282. The molecule has 1 N–H and O–H groups in total. The maximum absolute atomic E-state index is 14.1. The van der Waals surface area contributed by atoms with Crippen LogP contribution in [0.25, 0.3) is 11.1 Å². The molecule has 0 fully saturated rings. The van der Waals surface area contributed by atoms with E-state index in [-0.39, 0.29) is 6.61 Å². The summed E-state index contributed by atoms with van der Waals surface area (Å²) in [7, 11) is 3.44. The third kappa shape index (κ3) is 2.88. The standard InChI is InChI=1S/C15H15FN6O/c1-21(15-18-20-22(2)19-15)13-7-6-10(8-17-13)14-11(9-23)4-3-5-12(14)16/h3-8,23H,9H2,1-2H3. The Morgan fingerprint density at radius 1 is 1.26 bits per heavy atom. The molecule has 3 aromatic rings. The third-order valence-corrected chi connectivity index (χ3v) is 3.45. The van der Waals surface area contributed by atoms with Crippen LogP contribution < -0.4 is 4.90 Å². The highest BCUT2D eigenvalue weighted by Gasteiger charge is 2.13. The molecule has 0 aliphatic carbocycles. The molecule has 23 heavy (non-hydrogen) atoms. The first kappa shape index (κ1) is 15.0. The smallest absolute Gasteiger partial charge is 0.271 e. The zero-order valence-electron chi connectivity index (χ0n) is 12.7. The summed E-state index contributed by atoms with van der Waals surface area (Å²) in [6, 6.07) is 8.09. The van der Waals surface area contributed by atoms with Crippen LogP contribution >= 0.6 is 0 Å². The Labute approximate surface area is 132 Å². The van der Waals surface area contributed by atoms with Gasteiger partial charge in [-0.2, -0.15) is 4.80 Å². The van der Waals surface area contributed by atoms with Gasteiger partial charge in [-0.15, -0.1) is 5.10 Å². The van der Waals surface area contributed by atoms with E-state index >= 15 is 0 Å². The van der Waals surface area contributed by atoms with E-state index in [1.54, 1.807) is 49.5 Å². The van der Waals surface area contributed by atoms with Gasteiger partial charge in [0.1, 0.15) is 11.6 Å². The van der Waals surface area contributed by atoms with Crippen LogP contribution in [0, 0.1) is 5.82 Å². The van der Waals surface area contributed by atoms with Crippen molar-refractivity contribution in [2.24, 2.45) is 7.05 Å². The lowest BCUT2D eigenvalue weighted by atomic mass is 10.0. The maximum Gasteiger partial charge on any atom is 0.271 e. The molecule has 7 nitrogen and oxygen atoms in total. The van der Waals surface area contributed by atoms with Gasteiger partial charge in [0.15, 0.2) is 0 Å². The number of hydrogen-bond acceptors (Lipinski definition) is 6. The van der Waals surface area contributed by atoms with Crippen LogP contribution in [0.1, 0.15) is 5.56 Å². The van der Waals surface area contributed by atoms with Crippen molar-refractivity contribution < 1.29 is 9.50 Å². The van der Waals surface area contributed by atoms with Gasteiger partial charge in [0.2, 0.25) is 0 Å². The molecule has 0 aliphatic rings. The molecule has 0 saturated carbocycles. The second-order valence-electron chi connectivity index (χ2n) is 4.98. The van der Waals surface area contributed by atoms with Crippen molar-refractivity contribution in [3.05, 3.63) is 47.9 Å². The van der Waals surface area contributed by atoms with E-state index in [1.165, 1.54) is 10.9 Å². The fourth-order valence-electron chi connectivity index (χ4n) is 2.27. The number of pyridine rings is 1. The first-order chi connectivity index (χ1) is 11.1. The quantitative estimate of drug-likeness (QED) is 0.789. The van der Waals surface area contributed by atoms with Gasteiger partial charge in [0.25, 0.3) is 5.95 Å². The summed E-state index contributed by atoms with van der Waals surface area (Å²) in [4.78, 5) is 7.34. The Kier molecular flexibility index (Phi) is 3.98. The lowest BCUT2D eigenvalue weighted by Gasteiger charge is -2.14. The summed E-state index contributed by atoms with van der Waals surface area (Å²) in [6.45, 7) is -0.238. The normalized spacial score (nSPS) is 10.8. The van der Waals surface area contributed by atoms with Crippen molar-refractivity contribution in [2.45, 2.75) is 6.61 Å². The number of halogens is 1. The number of rotatable bonds is 4. The number of tetrazole rings is 1. The minimum atomic E-state index is -0.393. The van der Waals surface area contributed by atoms with E-state index in [0.29, 0.717) is 28.5 Å².